The maximum atomic E-state index is 11.3. The average molecular weight is 555 g/mol. The van der Waals surface area contributed by atoms with Gasteiger partial charge < -0.3 is 19.3 Å². The number of rotatable bonds is 8. The van der Waals surface area contributed by atoms with Crippen LogP contribution in [0.15, 0.2) is 66.7 Å². The molecule has 0 radical (unpaired) electrons. The molecule has 1 heterocycles. The fourth-order valence-corrected chi connectivity index (χ4v) is 5.25. The van der Waals surface area contributed by atoms with Gasteiger partial charge in [-0.1, -0.05) is 54.4 Å². The van der Waals surface area contributed by atoms with Crippen LogP contribution in [0.1, 0.15) is 48.6 Å². The highest BCUT2D eigenvalue weighted by Gasteiger charge is 2.42. The largest absolute Gasteiger partial charge is 0.482 e. The monoisotopic (exact) mass is 554 g/mol. The van der Waals surface area contributed by atoms with Crippen molar-refractivity contribution >= 4 is 29.2 Å². The molecule has 0 saturated carbocycles. The highest BCUT2D eigenvalue weighted by molar-refractivity contribution is 6.32. The van der Waals surface area contributed by atoms with Crippen molar-refractivity contribution in [1.29, 1.82) is 0 Å². The molecule has 0 aromatic heterocycles. The van der Waals surface area contributed by atoms with E-state index in [0.29, 0.717) is 33.9 Å². The summed E-state index contributed by atoms with van der Waals surface area (Å²) in [4.78, 5) is 11.3. The third-order valence-corrected chi connectivity index (χ3v) is 7.92. The number of aliphatic carboxylic acids is 1. The number of ether oxygens (including phenoxy) is 3. The van der Waals surface area contributed by atoms with Crippen LogP contribution in [0.3, 0.4) is 0 Å². The lowest BCUT2D eigenvalue weighted by Gasteiger charge is -2.44. The number of benzene rings is 3. The first-order valence-electron chi connectivity index (χ1n) is 12.4. The molecule has 1 fully saturated rings. The van der Waals surface area contributed by atoms with Gasteiger partial charge >= 0.3 is 5.97 Å². The van der Waals surface area contributed by atoms with E-state index in [4.69, 9.17) is 37.4 Å². The SMILES string of the molecule is C=C(C)[C@@H]1C[C@](C)(c2ccc(Cl)cc2)CO[C@H]1c1cc(Oc2cc(C)c(Cl)c(C)c2)ccc1OCC(=O)O. The van der Waals surface area contributed by atoms with Crippen molar-refractivity contribution in [2.24, 2.45) is 5.92 Å². The zero-order valence-electron chi connectivity index (χ0n) is 22.0. The van der Waals surface area contributed by atoms with Gasteiger partial charge in [-0.05, 0) is 86.3 Å². The lowest BCUT2D eigenvalue weighted by molar-refractivity contribution is -0.139. The highest BCUT2D eigenvalue weighted by atomic mass is 35.5. The Hall–Kier alpha value is -2.99. The Morgan fingerprint density at radius 3 is 2.34 bits per heavy atom. The van der Waals surface area contributed by atoms with Crippen LogP contribution in [-0.2, 0) is 14.9 Å². The predicted molar refractivity (Wildman–Crippen MR) is 151 cm³/mol. The second kappa shape index (κ2) is 11.4. The number of halogens is 2. The molecule has 7 heteroatoms. The molecular formula is C31H32Cl2O5. The zero-order chi connectivity index (χ0) is 27.6. The van der Waals surface area contributed by atoms with Crippen molar-refractivity contribution in [3.05, 3.63) is 99.0 Å². The van der Waals surface area contributed by atoms with Gasteiger partial charge in [-0.3, -0.25) is 0 Å². The van der Waals surface area contributed by atoms with Gasteiger partial charge in [-0.25, -0.2) is 4.79 Å². The molecular weight excluding hydrogens is 523 g/mol. The van der Waals surface area contributed by atoms with Gasteiger partial charge in [0.05, 0.1) is 12.7 Å². The predicted octanol–water partition coefficient (Wildman–Crippen LogP) is 8.48. The minimum Gasteiger partial charge on any atom is -0.482 e. The molecule has 0 spiro atoms. The second-order valence-electron chi connectivity index (χ2n) is 10.3. The van der Waals surface area contributed by atoms with Crippen molar-refractivity contribution in [2.45, 2.75) is 45.6 Å². The molecule has 1 saturated heterocycles. The standard InChI is InChI=1S/C31H32Cl2O5/c1-18(2)26-15-31(5,21-6-8-22(32)9-7-21)17-37-30(26)25-14-23(10-11-27(25)36-16-28(34)35)38-24-12-19(3)29(33)20(4)13-24/h6-14,26,30H,1,15-17H2,2-5H3,(H,34,35)/t26-,30-,31-/m0/s1. The molecule has 3 aromatic carbocycles. The van der Waals surface area contributed by atoms with E-state index in [1.807, 2.05) is 63.2 Å². The third-order valence-electron chi connectivity index (χ3n) is 7.08. The van der Waals surface area contributed by atoms with E-state index < -0.39 is 18.7 Å². The van der Waals surface area contributed by atoms with Crippen LogP contribution in [0.4, 0.5) is 0 Å². The van der Waals surface area contributed by atoms with Gasteiger partial charge in [-0.2, -0.15) is 0 Å². The maximum Gasteiger partial charge on any atom is 0.341 e. The van der Waals surface area contributed by atoms with Crippen molar-refractivity contribution in [1.82, 2.24) is 0 Å². The average Bonchev–Trinajstić information content (AvgIpc) is 2.86. The molecule has 1 aliphatic heterocycles. The summed E-state index contributed by atoms with van der Waals surface area (Å²) in [6, 6.07) is 17.0. The summed E-state index contributed by atoms with van der Waals surface area (Å²) < 4.78 is 18.4. The summed E-state index contributed by atoms with van der Waals surface area (Å²) in [6.45, 7) is 12.3. The summed E-state index contributed by atoms with van der Waals surface area (Å²) in [7, 11) is 0. The van der Waals surface area contributed by atoms with Gasteiger partial charge in [0.15, 0.2) is 6.61 Å². The number of hydrogen-bond donors (Lipinski definition) is 1. The summed E-state index contributed by atoms with van der Waals surface area (Å²) in [6.07, 6.45) is 0.391. The first-order chi connectivity index (χ1) is 18.0. The van der Waals surface area contributed by atoms with Crippen LogP contribution < -0.4 is 9.47 Å². The third kappa shape index (κ3) is 6.17. The number of carboxylic acids is 1. The fourth-order valence-electron chi connectivity index (χ4n) is 5.02. The summed E-state index contributed by atoms with van der Waals surface area (Å²) in [5.74, 6) is 0.575. The molecule has 0 aliphatic carbocycles. The van der Waals surface area contributed by atoms with E-state index in [1.54, 1.807) is 12.1 Å². The Morgan fingerprint density at radius 2 is 1.74 bits per heavy atom. The van der Waals surface area contributed by atoms with E-state index in [0.717, 1.165) is 34.2 Å². The summed E-state index contributed by atoms with van der Waals surface area (Å²) in [5.41, 5.74) is 4.41. The first-order valence-corrected chi connectivity index (χ1v) is 13.2. The van der Waals surface area contributed by atoms with E-state index in [1.165, 1.54) is 0 Å². The van der Waals surface area contributed by atoms with Crippen LogP contribution >= 0.6 is 23.2 Å². The van der Waals surface area contributed by atoms with Crippen molar-refractivity contribution in [3.63, 3.8) is 0 Å². The molecule has 0 bridgehead atoms. The van der Waals surface area contributed by atoms with Crippen molar-refractivity contribution < 1.29 is 24.1 Å². The number of carbonyl (C=O) groups is 1. The Balaban J connectivity index is 1.70. The number of hydrogen-bond acceptors (Lipinski definition) is 4. The topological polar surface area (TPSA) is 65.0 Å². The van der Waals surface area contributed by atoms with E-state index in [-0.39, 0.29) is 11.3 Å². The minimum atomic E-state index is -1.06. The molecule has 200 valence electrons. The Morgan fingerprint density at radius 1 is 1.08 bits per heavy atom. The van der Waals surface area contributed by atoms with E-state index in [2.05, 4.69) is 13.5 Å². The van der Waals surface area contributed by atoms with E-state index in [9.17, 15) is 9.90 Å². The van der Waals surface area contributed by atoms with Crippen LogP contribution in [-0.4, -0.2) is 24.3 Å². The van der Waals surface area contributed by atoms with Crippen LogP contribution in [0, 0.1) is 19.8 Å². The fraction of sp³-hybridized carbons (Fsp3) is 0.323. The van der Waals surface area contributed by atoms with Crippen LogP contribution in [0.5, 0.6) is 17.2 Å². The van der Waals surface area contributed by atoms with Gasteiger partial charge in [0.25, 0.3) is 0 Å². The van der Waals surface area contributed by atoms with E-state index >= 15 is 0 Å². The molecule has 0 unspecified atom stereocenters. The van der Waals surface area contributed by atoms with Crippen LogP contribution in [0.2, 0.25) is 10.0 Å². The Labute approximate surface area is 233 Å². The lowest BCUT2D eigenvalue weighted by Crippen LogP contribution is -2.40. The van der Waals surface area contributed by atoms with Gasteiger partial charge in [0, 0.05) is 26.9 Å². The van der Waals surface area contributed by atoms with Gasteiger partial charge in [-0.15, -0.1) is 0 Å². The highest BCUT2D eigenvalue weighted by Crippen LogP contribution is 2.49. The van der Waals surface area contributed by atoms with Crippen molar-refractivity contribution in [3.8, 4) is 17.2 Å². The second-order valence-corrected chi connectivity index (χ2v) is 11.1. The molecule has 1 aliphatic rings. The molecule has 4 rings (SSSR count). The molecule has 3 aromatic rings. The summed E-state index contributed by atoms with van der Waals surface area (Å²) in [5, 5.41) is 10.6. The smallest absolute Gasteiger partial charge is 0.341 e. The summed E-state index contributed by atoms with van der Waals surface area (Å²) >= 11 is 12.5. The Bertz CT molecular complexity index is 1330. The molecule has 38 heavy (non-hydrogen) atoms. The normalized spacial score (nSPS) is 21.1. The van der Waals surface area contributed by atoms with Crippen LogP contribution in [0.25, 0.3) is 0 Å². The molecule has 5 nitrogen and oxygen atoms in total. The number of carboxylic acid groups (broad SMARTS) is 1. The lowest BCUT2D eigenvalue weighted by atomic mass is 9.70. The number of aryl methyl sites for hydroxylation is 2. The quantitative estimate of drug-likeness (QED) is 0.283. The molecule has 0 amide bonds. The minimum absolute atomic E-state index is 0.0492. The molecule has 1 N–H and O–H groups in total. The van der Waals surface area contributed by atoms with Gasteiger partial charge in [0.1, 0.15) is 17.2 Å². The van der Waals surface area contributed by atoms with Gasteiger partial charge in [0.2, 0.25) is 0 Å². The zero-order valence-corrected chi connectivity index (χ0v) is 23.5. The molecule has 3 atom stereocenters. The maximum absolute atomic E-state index is 11.3. The van der Waals surface area contributed by atoms with Crippen molar-refractivity contribution in [2.75, 3.05) is 13.2 Å². The Kier molecular flexibility index (Phi) is 8.41. The first kappa shape index (κ1) is 28.0.